The largest absolute Gasteiger partial charge is 0.508 e. The van der Waals surface area contributed by atoms with Crippen LogP contribution in [-0.4, -0.2) is 153 Å². The number of carbonyl (C=O) groups is 2. The summed E-state index contributed by atoms with van der Waals surface area (Å²) < 4.78 is 10.6. The quantitative estimate of drug-likeness (QED) is 0.0820. The molecule has 3 aliphatic rings. The van der Waals surface area contributed by atoms with Gasteiger partial charge in [0.1, 0.15) is 83.9 Å². The Morgan fingerprint density at radius 2 is 1.30 bits per heavy atom. The number of aromatic hydroxyl groups is 1. The van der Waals surface area contributed by atoms with Crippen LogP contribution in [0.4, 0.5) is 0 Å². The average molecular weight is 613 g/mol. The Hall–Kier alpha value is -3.26. The molecule has 1 aromatic rings. The highest BCUT2D eigenvalue weighted by atomic mass is 16.6. The summed E-state index contributed by atoms with van der Waals surface area (Å²) in [5.41, 5.74) is -5.62. The minimum absolute atomic E-state index is 0.0879. The highest BCUT2D eigenvalue weighted by Gasteiger charge is 2.65. The van der Waals surface area contributed by atoms with E-state index in [0.29, 0.717) is 5.56 Å². The van der Waals surface area contributed by atoms with Gasteiger partial charge in [0.05, 0.1) is 18.8 Å². The number of Topliss-reactive ketones (excluding diaryl/α,β-unsaturated/α-hetero) is 2. The summed E-state index contributed by atoms with van der Waals surface area (Å²) in [6.45, 7) is -1.99. The molecular formula is C27H32O16. The first kappa shape index (κ1) is 32.6. The monoisotopic (exact) mass is 612 g/mol. The Morgan fingerprint density at radius 1 is 0.767 bits per heavy atom. The lowest BCUT2D eigenvalue weighted by Crippen LogP contribution is -2.72. The van der Waals surface area contributed by atoms with Crippen molar-refractivity contribution in [3.05, 3.63) is 58.6 Å². The molecule has 2 aliphatic heterocycles. The number of hydrogen-bond acceptors (Lipinski definition) is 16. The number of ether oxygens (including phenoxy) is 2. The van der Waals surface area contributed by atoms with Gasteiger partial charge in [-0.05, 0) is 23.8 Å². The minimum atomic E-state index is -3.63. The number of ketones is 2. The van der Waals surface area contributed by atoms with Crippen LogP contribution in [0, 0.1) is 0 Å². The fourth-order valence-electron chi connectivity index (χ4n) is 5.24. The first-order valence-corrected chi connectivity index (χ1v) is 13.0. The predicted octanol–water partition coefficient (Wildman–Crippen LogP) is -4.40. The standard InChI is InChI=1S/C27H32O16/c28-7-12-16(32)19(35)21(37)23(42-12)15-18(34)14(11(31)6-3-9-1-4-10(30)5-2-9)24(39)27(41,25(15)40)26-22(38)20(36)17(33)13(8-29)43-26/h1-6,12-13,16-17,19-23,26,28-38,41H,7-8H2/b6-3+,14-11-/t12-,13+,16+,17+,19+,20-,21-,22+,23-,26+,27+/m0/s1. The second kappa shape index (κ2) is 12.4. The van der Waals surface area contributed by atoms with Crippen molar-refractivity contribution in [2.45, 2.75) is 66.6 Å². The second-order valence-electron chi connectivity index (χ2n) is 10.4. The van der Waals surface area contributed by atoms with Crippen LogP contribution in [0.25, 0.3) is 6.08 Å². The minimum Gasteiger partial charge on any atom is -0.508 e. The highest BCUT2D eigenvalue weighted by Crippen LogP contribution is 2.42. The third-order valence-corrected chi connectivity index (χ3v) is 7.72. The average Bonchev–Trinajstić information content (AvgIpc) is 2.98. The molecule has 16 nitrogen and oxygen atoms in total. The topological polar surface area (TPSA) is 295 Å². The third kappa shape index (κ3) is 5.47. The summed E-state index contributed by atoms with van der Waals surface area (Å²) in [6.07, 6.45) is -18.7. The van der Waals surface area contributed by atoms with Gasteiger partial charge in [-0.1, -0.05) is 18.2 Å². The van der Waals surface area contributed by atoms with Gasteiger partial charge in [0.15, 0.2) is 0 Å². The summed E-state index contributed by atoms with van der Waals surface area (Å²) in [5.74, 6) is -6.12. The Labute approximate surface area is 242 Å². The van der Waals surface area contributed by atoms with Crippen LogP contribution >= 0.6 is 0 Å². The van der Waals surface area contributed by atoms with E-state index in [1.165, 1.54) is 30.3 Å². The SMILES string of the molecule is O=C1C([C@@H]2O[C@@H](CO)[C@@H](O)[C@@H](O)[C@@H]2O)=C(O)/C(=C(O)\C=C\c2ccc(O)cc2)C(=O)[C@]1(O)[C@@H]1O[C@H](CO)[C@@H](O)[C@H](O)[C@H]1O. The van der Waals surface area contributed by atoms with Gasteiger partial charge in [-0.15, -0.1) is 0 Å². The van der Waals surface area contributed by atoms with Crippen molar-refractivity contribution in [1.29, 1.82) is 0 Å². The van der Waals surface area contributed by atoms with Gasteiger partial charge in [-0.2, -0.15) is 0 Å². The molecule has 0 saturated carbocycles. The van der Waals surface area contributed by atoms with E-state index in [0.717, 1.165) is 6.08 Å². The number of benzene rings is 1. The van der Waals surface area contributed by atoms with Crippen LogP contribution in [0.1, 0.15) is 5.56 Å². The Kier molecular flexibility index (Phi) is 9.41. The number of carbonyl (C=O) groups excluding carboxylic acids is 2. The Morgan fingerprint density at radius 3 is 1.86 bits per heavy atom. The zero-order chi connectivity index (χ0) is 32.0. The Bertz CT molecular complexity index is 1320. The lowest BCUT2D eigenvalue weighted by atomic mass is 9.69. The van der Waals surface area contributed by atoms with Crippen molar-refractivity contribution in [2.75, 3.05) is 13.2 Å². The summed E-state index contributed by atoms with van der Waals surface area (Å²) in [6, 6.07) is 5.38. The van der Waals surface area contributed by atoms with E-state index in [2.05, 4.69) is 0 Å². The molecule has 0 spiro atoms. The molecule has 12 N–H and O–H groups in total. The molecule has 43 heavy (non-hydrogen) atoms. The van der Waals surface area contributed by atoms with E-state index in [1.54, 1.807) is 0 Å². The maximum absolute atomic E-state index is 13.9. The maximum atomic E-state index is 13.9. The van der Waals surface area contributed by atoms with Crippen molar-refractivity contribution in [3.8, 4) is 5.75 Å². The summed E-state index contributed by atoms with van der Waals surface area (Å²) in [5, 5.41) is 125. The van der Waals surface area contributed by atoms with Crippen LogP contribution in [0.2, 0.25) is 0 Å². The molecule has 4 rings (SSSR count). The molecule has 236 valence electrons. The number of hydrogen-bond donors (Lipinski definition) is 12. The number of aliphatic hydroxyl groups is 11. The summed E-state index contributed by atoms with van der Waals surface area (Å²) >= 11 is 0. The van der Waals surface area contributed by atoms with Crippen LogP contribution < -0.4 is 0 Å². The van der Waals surface area contributed by atoms with E-state index in [4.69, 9.17) is 9.47 Å². The van der Waals surface area contributed by atoms with Crippen molar-refractivity contribution < 1.29 is 80.3 Å². The molecule has 11 atom stereocenters. The predicted molar refractivity (Wildman–Crippen MR) is 139 cm³/mol. The highest BCUT2D eigenvalue weighted by molar-refractivity contribution is 6.28. The molecule has 0 amide bonds. The molecule has 1 aliphatic carbocycles. The second-order valence-corrected chi connectivity index (χ2v) is 10.4. The van der Waals surface area contributed by atoms with Crippen LogP contribution in [0.15, 0.2) is 53.0 Å². The van der Waals surface area contributed by atoms with Gasteiger partial charge in [-0.3, -0.25) is 9.59 Å². The van der Waals surface area contributed by atoms with Crippen molar-refractivity contribution in [2.24, 2.45) is 0 Å². The number of aliphatic hydroxyl groups excluding tert-OH is 10. The van der Waals surface area contributed by atoms with Gasteiger partial charge in [0.25, 0.3) is 0 Å². The van der Waals surface area contributed by atoms with E-state index in [9.17, 15) is 70.9 Å². The summed E-state index contributed by atoms with van der Waals surface area (Å²) in [4.78, 5) is 27.6. The lowest BCUT2D eigenvalue weighted by Gasteiger charge is -2.48. The molecule has 16 heteroatoms. The van der Waals surface area contributed by atoms with E-state index < -0.39 is 114 Å². The fourth-order valence-corrected chi connectivity index (χ4v) is 5.24. The van der Waals surface area contributed by atoms with Gasteiger partial charge < -0.3 is 70.8 Å². The van der Waals surface area contributed by atoms with Crippen molar-refractivity contribution >= 4 is 17.6 Å². The number of phenols is 1. The zero-order valence-corrected chi connectivity index (χ0v) is 22.2. The fraction of sp³-hybridized carbons (Fsp3) is 0.481. The molecule has 2 fully saturated rings. The summed E-state index contributed by atoms with van der Waals surface area (Å²) in [7, 11) is 0. The first-order valence-electron chi connectivity index (χ1n) is 13.0. The van der Waals surface area contributed by atoms with Crippen molar-refractivity contribution in [3.63, 3.8) is 0 Å². The van der Waals surface area contributed by atoms with Gasteiger partial charge in [0.2, 0.25) is 17.2 Å². The van der Waals surface area contributed by atoms with Gasteiger partial charge >= 0.3 is 0 Å². The molecule has 2 heterocycles. The molecule has 0 unspecified atom stereocenters. The van der Waals surface area contributed by atoms with E-state index in [-0.39, 0.29) is 5.75 Å². The van der Waals surface area contributed by atoms with Crippen molar-refractivity contribution in [1.82, 2.24) is 0 Å². The smallest absolute Gasteiger partial charge is 0.219 e. The normalized spacial score (nSPS) is 40.3. The van der Waals surface area contributed by atoms with Crippen LogP contribution in [0.3, 0.4) is 0 Å². The first-order chi connectivity index (χ1) is 20.2. The number of rotatable bonds is 6. The van der Waals surface area contributed by atoms with E-state index >= 15 is 0 Å². The zero-order valence-electron chi connectivity index (χ0n) is 22.2. The van der Waals surface area contributed by atoms with Crippen LogP contribution in [0.5, 0.6) is 5.75 Å². The van der Waals surface area contributed by atoms with Gasteiger partial charge in [0, 0.05) is 0 Å². The Balaban J connectivity index is 1.92. The van der Waals surface area contributed by atoms with E-state index in [1.807, 2.05) is 0 Å². The molecule has 0 bridgehead atoms. The maximum Gasteiger partial charge on any atom is 0.219 e. The van der Waals surface area contributed by atoms with Gasteiger partial charge in [-0.25, -0.2) is 0 Å². The molecule has 0 radical (unpaired) electrons. The molecule has 1 aromatic carbocycles. The number of allylic oxidation sites excluding steroid dienone is 2. The van der Waals surface area contributed by atoms with Crippen LogP contribution in [-0.2, 0) is 19.1 Å². The third-order valence-electron chi connectivity index (χ3n) is 7.72. The lowest BCUT2D eigenvalue weighted by molar-refractivity contribution is -0.261. The molecule has 2 saturated heterocycles. The number of phenolic OH excluding ortho intramolecular Hbond substituents is 1. The molecule has 0 aromatic heterocycles. The molecular weight excluding hydrogens is 580 g/mol.